The summed E-state index contributed by atoms with van der Waals surface area (Å²) in [6.07, 6.45) is 2.75. The summed E-state index contributed by atoms with van der Waals surface area (Å²) in [5.74, 6) is 0.658. The lowest BCUT2D eigenvalue weighted by Gasteiger charge is -2.21. The Morgan fingerprint density at radius 3 is 2.67 bits per heavy atom. The van der Waals surface area contributed by atoms with Gasteiger partial charge >= 0.3 is 0 Å². The summed E-state index contributed by atoms with van der Waals surface area (Å²) >= 11 is 0. The maximum Gasteiger partial charge on any atom is 0.244 e. The SMILES string of the molecule is CCCN(CC(=O)Nc1ccccc1OC)C(=O)C1CC1. The summed E-state index contributed by atoms with van der Waals surface area (Å²) in [4.78, 5) is 25.9. The smallest absolute Gasteiger partial charge is 0.244 e. The number of amides is 2. The Bertz CT molecular complexity index is 512. The Kier molecular flexibility index (Phi) is 5.20. The number of anilines is 1. The first-order valence-electron chi connectivity index (χ1n) is 7.37. The number of methoxy groups -OCH3 is 1. The van der Waals surface area contributed by atoms with Crippen molar-refractivity contribution in [3.63, 3.8) is 0 Å². The molecule has 1 aromatic carbocycles. The van der Waals surface area contributed by atoms with Crippen molar-refractivity contribution < 1.29 is 14.3 Å². The quantitative estimate of drug-likeness (QED) is 0.838. The number of hydrogen-bond acceptors (Lipinski definition) is 3. The van der Waals surface area contributed by atoms with Gasteiger partial charge in [0.1, 0.15) is 5.75 Å². The molecule has 0 heterocycles. The summed E-state index contributed by atoms with van der Waals surface area (Å²) in [7, 11) is 1.56. The molecule has 0 aromatic heterocycles. The fourth-order valence-corrected chi connectivity index (χ4v) is 2.24. The maximum absolute atomic E-state index is 12.2. The summed E-state index contributed by atoms with van der Waals surface area (Å²) in [5.41, 5.74) is 0.625. The molecule has 0 aliphatic heterocycles. The van der Waals surface area contributed by atoms with Crippen molar-refractivity contribution in [3.8, 4) is 5.75 Å². The lowest BCUT2D eigenvalue weighted by Crippen LogP contribution is -2.39. The molecule has 1 aromatic rings. The maximum atomic E-state index is 12.2. The van der Waals surface area contributed by atoms with Crippen molar-refractivity contribution in [2.45, 2.75) is 26.2 Å². The van der Waals surface area contributed by atoms with Crippen LogP contribution < -0.4 is 10.1 Å². The van der Waals surface area contributed by atoms with Gasteiger partial charge in [0.2, 0.25) is 11.8 Å². The van der Waals surface area contributed by atoms with Gasteiger partial charge in [-0.05, 0) is 31.4 Å². The highest BCUT2D eigenvalue weighted by Gasteiger charge is 2.33. The van der Waals surface area contributed by atoms with E-state index in [0.717, 1.165) is 19.3 Å². The second-order valence-corrected chi connectivity index (χ2v) is 5.28. The molecule has 1 fully saturated rings. The van der Waals surface area contributed by atoms with E-state index in [-0.39, 0.29) is 24.3 Å². The van der Waals surface area contributed by atoms with Crippen molar-refractivity contribution in [1.29, 1.82) is 0 Å². The number of carbonyl (C=O) groups is 2. The van der Waals surface area contributed by atoms with Crippen LogP contribution in [0.3, 0.4) is 0 Å². The molecule has 1 saturated carbocycles. The van der Waals surface area contributed by atoms with Gasteiger partial charge in [-0.1, -0.05) is 19.1 Å². The monoisotopic (exact) mass is 290 g/mol. The lowest BCUT2D eigenvalue weighted by atomic mass is 10.2. The van der Waals surface area contributed by atoms with Crippen molar-refractivity contribution in [3.05, 3.63) is 24.3 Å². The van der Waals surface area contributed by atoms with Crippen LogP contribution in [0.15, 0.2) is 24.3 Å². The molecule has 2 rings (SSSR count). The zero-order chi connectivity index (χ0) is 15.2. The average Bonchev–Trinajstić information content (AvgIpc) is 3.31. The van der Waals surface area contributed by atoms with E-state index in [1.807, 2.05) is 19.1 Å². The van der Waals surface area contributed by atoms with Crippen molar-refractivity contribution >= 4 is 17.5 Å². The Hall–Kier alpha value is -2.04. The lowest BCUT2D eigenvalue weighted by molar-refractivity contribution is -0.135. The van der Waals surface area contributed by atoms with E-state index in [4.69, 9.17) is 4.74 Å². The van der Waals surface area contributed by atoms with Gasteiger partial charge in [-0.2, -0.15) is 0 Å². The summed E-state index contributed by atoms with van der Waals surface area (Å²) in [5, 5.41) is 2.81. The van der Waals surface area contributed by atoms with Crippen LogP contribution in [-0.4, -0.2) is 36.9 Å². The van der Waals surface area contributed by atoms with Crippen LogP contribution in [0.25, 0.3) is 0 Å². The second-order valence-electron chi connectivity index (χ2n) is 5.28. The van der Waals surface area contributed by atoms with Crippen molar-refractivity contribution in [1.82, 2.24) is 4.90 Å². The number of nitrogens with one attached hydrogen (secondary N) is 1. The average molecular weight is 290 g/mol. The third kappa shape index (κ3) is 4.21. The molecule has 0 unspecified atom stereocenters. The molecule has 0 atom stereocenters. The Morgan fingerprint density at radius 1 is 1.33 bits per heavy atom. The number of ether oxygens (including phenoxy) is 1. The third-order valence-corrected chi connectivity index (χ3v) is 3.45. The van der Waals surface area contributed by atoms with Crippen LogP contribution in [0, 0.1) is 5.92 Å². The molecule has 2 amide bonds. The van der Waals surface area contributed by atoms with Crippen LogP contribution >= 0.6 is 0 Å². The van der Waals surface area contributed by atoms with E-state index in [2.05, 4.69) is 5.32 Å². The first kappa shape index (κ1) is 15.4. The minimum Gasteiger partial charge on any atom is -0.495 e. The van der Waals surface area contributed by atoms with Crippen LogP contribution in [-0.2, 0) is 9.59 Å². The fourth-order valence-electron chi connectivity index (χ4n) is 2.24. The Balaban J connectivity index is 1.96. The molecule has 0 bridgehead atoms. The Labute approximate surface area is 125 Å². The normalized spacial score (nSPS) is 13.6. The van der Waals surface area contributed by atoms with Gasteiger partial charge in [0.05, 0.1) is 19.3 Å². The molecule has 1 N–H and O–H groups in total. The van der Waals surface area contributed by atoms with Gasteiger partial charge in [-0.3, -0.25) is 9.59 Å². The summed E-state index contributed by atoms with van der Waals surface area (Å²) < 4.78 is 5.20. The number of benzene rings is 1. The van der Waals surface area contributed by atoms with E-state index < -0.39 is 0 Å². The molecule has 0 spiro atoms. The van der Waals surface area contributed by atoms with Crippen molar-refractivity contribution in [2.75, 3.05) is 25.5 Å². The highest BCUT2D eigenvalue weighted by Crippen LogP contribution is 2.31. The van der Waals surface area contributed by atoms with E-state index >= 15 is 0 Å². The summed E-state index contributed by atoms with van der Waals surface area (Å²) in [6, 6.07) is 7.24. The van der Waals surface area contributed by atoms with Gasteiger partial charge in [0.25, 0.3) is 0 Å². The van der Waals surface area contributed by atoms with Gasteiger partial charge in [-0.15, -0.1) is 0 Å². The molecular formula is C16H22N2O3. The number of nitrogens with zero attached hydrogens (tertiary/aromatic N) is 1. The van der Waals surface area contributed by atoms with E-state index in [0.29, 0.717) is 18.0 Å². The predicted molar refractivity (Wildman–Crippen MR) is 81.2 cm³/mol. The van der Waals surface area contributed by atoms with Gasteiger partial charge in [-0.25, -0.2) is 0 Å². The standard InChI is InChI=1S/C16H22N2O3/c1-3-10-18(16(20)12-8-9-12)11-15(19)17-13-6-4-5-7-14(13)21-2/h4-7,12H,3,8-11H2,1-2H3,(H,17,19). The van der Waals surface area contributed by atoms with Gasteiger partial charge in [0, 0.05) is 12.5 Å². The minimum atomic E-state index is -0.193. The fraction of sp³-hybridized carbons (Fsp3) is 0.500. The third-order valence-electron chi connectivity index (χ3n) is 3.45. The van der Waals surface area contributed by atoms with Crippen LogP contribution in [0.1, 0.15) is 26.2 Å². The van der Waals surface area contributed by atoms with E-state index in [1.165, 1.54) is 0 Å². The second kappa shape index (κ2) is 7.11. The Morgan fingerprint density at radius 2 is 2.05 bits per heavy atom. The highest BCUT2D eigenvalue weighted by molar-refractivity contribution is 5.96. The molecule has 114 valence electrons. The zero-order valence-corrected chi connectivity index (χ0v) is 12.6. The molecular weight excluding hydrogens is 268 g/mol. The predicted octanol–water partition coefficient (Wildman–Crippen LogP) is 2.28. The topological polar surface area (TPSA) is 58.6 Å². The molecule has 21 heavy (non-hydrogen) atoms. The first-order chi connectivity index (χ1) is 10.2. The molecule has 5 nitrogen and oxygen atoms in total. The molecule has 1 aliphatic rings. The van der Waals surface area contributed by atoms with Crippen LogP contribution in [0.5, 0.6) is 5.75 Å². The number of hydrogen-bond donors (Lipinski definition) is 1. The molecule has 5 heteroatoms. The highest BCUT2D eigenvalue weighted by atomic mass is 16.5. The van der Waals surface area contributed by atoms with Crippen molar-refractivity contribution in [2.24, 2.45) is 5.92 Å². The molecule has 1 aliphatic carbocycles. The van der Waals surface area contributed by atoms with E-state index in [9.17, 15) is 9.59 Å². The summed E-state index contributed by atoms with van der Waals surface area (Å²) in [6.45, 7) is 2.72. The number of para-hydroxylation sites is 2. The van der Waals surface area contributed by atoms with E-state index in [1.54, 1.807) is 24.1 Å². The number of rotatable bonds is 7. The van der Waals surface area contributed by atoms with Crippen LogP contribution in [0.2, 0.25) is 0 Å². The molecule has 0 saturated heterocycles. The number of carbonyl (C=O) groups excluding carboxylic acids is 2. The molecule has 0 radical (unpaired) electrons. The van der Waals surface area contributed by atoms with Gasteiger partial charge in [0.15, 0.2) is 0 Å². The minimum absolute atomic E-state index is 0.0984. The van der Waals surface area contributed by atoms with Crippen LogP contribution in [0.4, 0.5) is 5.69 Å². The zero-order valence-electron chi connectivity index (χ0n) is 12.6. The first-order valence-corrected chi connectivity index (χ1v) is 7.37. The van der Waals surface area contributed by atoms with Gasteiger partial charge < -0.3 is 15.0 Å². The largest absolute Gasteiger partial charge is 0.495 e.